The molecular formula is C18H22FN3O3. The van der Waals surface area contributed by atoms with E-state index in [1.165, 1.54) is 18.2 Å². The largest absolute Gasteiger partial charge is 0.489 e. The molecule has 7 heteroatoms. The summed E-state index contributed by atoms with van der Waals surface area (Å²) in [4.78, 5) is 12.4. The fourth-order valence-corrected chi connectivity index (χ4v) is 2.62. The van der Waals surface area contributed by atoms with Crippen LogP contribution < -0.4 is 10.1 Å². The van der Waals surface area contributed by atoms with Crippen LogP contribution in [0.25, 0.3) is 0 Å². The molecule has 0 aliphatic carbocycles. The van der Waals surface area contributed by atoms with Gasteiger partial charge in [-0.2, -0.15) is 5.10 Å². The molecular weight excluding hydrogens is 325 g/mol. The van der Waals surface area contributed by atoms with Crippen LogP contribution in [0.5, 0.6) is 5.75 Å². The van der Waals surface area contributed by atoms with Gasteiger partial charge in [-0.1, -0.05) is 13.8 Å². The first-order chi connectivity index (χ1) is 12.0. The van der Waals surface area contributed by atoms with Gasteiger partial charge in [-0.05, 0) is 37.0 Å². The molecule has 1 saturated heterocycles. The second-order valence-corrected chi connectivity index (χ2v) is 6.40. The lowest BCUT2D eigenvalue weighted by Crippen LogP contribution is -2.18. The minimum atomic E-state index is -0.454. The van der Waals surface area contributed by atoms with Gasteiger partial charge in [-0.25, -0.2) is 4.39 Å². The molecule has 1 aliphatic heterocycles. The highest BCUT2D eigenvalue weighted by Gasteiger charge is 2.19. The van der Waals surface area contributed by atoms with E-state index in [1.807, 2.05) is 13.8 Å². The summed E-state index contributed by atoms with van der Waals surface area (Å²) in [5.74, 6) is -0.237. The summed E-state index contributed by atoms with van der Waals surface area (Å²) < 4.78 is 24.8. The summed E-state index contributed by atoms with van der Waals surface area (Å²) in [6.45, 7) is 5.10. The number of carbonyl (C=O) groups excluding carboxylic acids is 1. The number of carbonyl (C=O) groups is 1. The molecule has 1 aromatic heterocycles. The monoisotopic (exact) mass is 347 g/mol. The minimum Gasteiger partial charge on any atom is -0.489 e. The summed E-state index contributed by atoms with van der Waals surface area (Å²) >= 11 is 0. The lowest BCUT2D eigenvalue weighted by Gasteiger charge is -2.15. The second kappa shape index (κ2) is 7.65. The Bertz CT molecular complexity index is 739. The number of H-pyrrole nitrogens is 1. The van der Waals surface area contributed by atoms with Crippen molar-refractivity contribution in [2.24, 2.45) is 0 Å². The summed E-state index contributed by atoms with van der Waals surface area (Å²) in [6, 6.07) is 5.72. The predicted octanol–water partition coefficient (Wildman–Crippen LogP) is 3.48. The zero-order valence-electron chi connectivity index (χ0n) is 14.3. The molecule has 0 saturated carbocycles. The maximum absolute atomic E-state index is 13.6. The van der Waals surface area contributed by atoms with Crippen molar-refractivity contribution >= 4 is 11.6 Å². The van der Waals surface area contributed by atoms with Crippen LogP contribution in [0.4, 0.5) is 10.1 Å². The van der Waals surface area contributed by atoms with Crippen molar-refractivity contribution in [2.45, 2.75) is 38.7 Å². The van der Waals surface area contributed by atoms with Gasteiger partial charge >= 0.3 is 0 Å². The van der Waals surface area contributed by atoms with E-state index < -0.39 is 11.7 Å². The molecule has 0 unspecified atom stereocenters. The van der Waals surface area contributed by atoms with E-state index in [9.17, 15) is 9.18 Å². The van der Waals surface area contributed by atoms with Crippen molar-refractivity contribution in [1.29, 1.82) is 0 Å². The van der Waals surface area contributed by atoms with Gasteiger partial charge in [0.1, 0.15) is 18.2 Å². The van der Waals surface area contributed by atoms with Gasteiger partial charge in [-0.3, -0.25) is 9.89 Å². The maximum Gasteiger partial charge on any atom is 0.276 e. The van der Waals surface area contributed by atoms with Crippen molar-refractivity contribution in [3.63, 3.8) is 0 Å². The molecule has 0 bridgehead atoms. The summed E-state index contributed by atoms with van der Waals surface area (Å²) in [5.41, 5.74) is 1.38. The average molecular weight is 347 g/mol. The van der Waals surface area contributed by atoms with E-state index >= 15 is 0 Å². The molecule has 2 aromatic rings. The highest BCUT2D eigenvalue weighted by molar-refractivity contribution is 6.03. The number of hydrogen-bond donors (Lipinski definition) is 2. The third-order valence-corrected chi connectivity index (χ3v) is 4.09. The molecule has 25 heavy (non-hydrogen) atoms. The topological polar surface area (TPSA) is 76.2 Å². The number of nitrogens with one attached hydrogen (secondary N) is 2. The van der Waals surface area contributed by atoms with Crippen LogP contribution in [0, 0.1) is 5.82 Å². The number of anilines is 1. The van der Waals surface area contributed by atoms with Crippen molar-refractivity contribution < 1.29 is 18.7 Å². The fraction of sp³-hybridized carbons (Fsp3) is 0.444. The number of hydrogen-bond acceptors (Lipinski definition) is 4. The highest BCUT2D eigenvalue weighted by Crippen LogP contribution is 2.27. The molecule has 1 atom stereocenters. The Labute approximate surface area is 145 Å². The van der Waals surface area contributed by atoms with Crippen LogP contribution >= 0.6 is 0 Å². The van der Waals surface area contributed by atoms with Gasteiger partial charge in [0, 0.05) is 18.4 Å². The van der Waals surface area contributed by atoms with Crippen molar-refractivity contribution in [2.75, 3.05) is 18.5 Å². The Balaban J connectivity index is 1.71. The quantitative estimate of drug-likeness (QED) is 0.839. The van der Waals surface area contributed by atoms with Crippen LogP contribution in [0.1, 0.15) is 48.8 Å². The van der Waals surface area contributed by atoms with Gasteiger partial charge in [0.2, 0.25) is 0 Å². The number of halogens is 1. The Morgan fingerprint density at radius 3 is 3.00 bits per heavy atom. The zero-order chi connectivity index (χ0) is 17.8. The number of ether oxygens (including phenoxy) is 2. The van der Waals surface area contributed by atoms with E-state index in [4.69, 9.17) is 9.47 Å². The number of aromatic amines is 1. The van der Waals surface area contributed by atoms with Gasteiger partial charge in [0.25, 0.3) is 5.91 Å². The molecule has 0 spiro atoms. The smallest absolute Gasteiger partial charge is 0.276 e. The number of aromatic nitrogens is 2. The molecule has 2 heterocycles. The van der Waals surface area contributed by atoms with Crippen molar-refractivity contribution in [3.8, 4) is 5.75 Å². The predicted molar refractivity (Wildman–Crippen MR) is 91.5 cm³/mol. The molecule has 1 amide bonds. The summed E-state index contributed by atoms with van der Waals surface area (Å²) in [5, 5.41) is 9.50. The SMILES string of the molecule is CC(C)c1cc(C(=O)Nc2cc(F)ccc2OC[C@H]2CCCO2)n[nH]1. The minimum absolute atomic E-state index is 0.0357. The second-order valence-electron chi connectivity index (χ2n) is 6.40. The van der Waals surface area contributed by atoms with Gasteiger partial charge < -0.3 is 14.8 Å². The highest BCUT2D eigenvalue weighted by atomic mass is 19.1. The van der Waals surface area contributed by atoms with Gasteiger partial charge in [0.05, 0.1) is 11.8 Å². The Morgan fingerprint density at radius 1 is 1.48 bits per heavy atom. The van der Waals surface area contributed by atoms with E-state index in [0.29, 0.717) is 12.4 Å². The third-order valence-electron chi connectivity index (χ3n) is 4.09. The number of benzene rings is 1. The van der Waals surface area contributed by atoms with Gasteiger partial charge in [-0.15, -0.1) is 0 Å². The number of nitrogens with zero attached hydrogens (tertiary/aromatic N) is 1. The van der Waals surface area contributed by atoms with Crippen molar-refractivity contribution in [3.05, 3.63) is 41.5 Å². The lowest BCUT2D eigenvalue weighted by molar-refractivity contribution is 0.0681. The van der Waals surface area contributed by atoms with Crippen LogP contribution in [0.15, 0.2) is 24.3 Å². The normalized spacial score (nSPS) is 17.0. The first-order valence-electron chi connectivity index (χ1n) is 8.43. The van der Waals surface area contributed by atoms with Crippen molar-refractivity contribution in [1.82, 2.24) is 10.2 Å². The van der Waals surface area contributed by atoms with Crippen LogP contribution in [0.3, 0.4) is 0 Å². The number of rotatable bonds is 6. The van der Waals surface area contributed by atoms with Crippen LogP contribution in [-0.2, 0) is 4.74 Å². The molecule has 2 N–H and O–H groups in total. The first kappa shape index (κ1) is 17.4. The molecule has 6 nitrogen and oxygen atoms in total. The zero-order valence-corrected chi connectivity index (χ0v) is 14.3. The summed E-state index contributed by atoms with van der Waals surface area (Å²) in [7, 11) is 0. The Hall–Kier alpha value is -2.41. The number of amides is 1. The Morgan fingerprint density at radius 2 is 2.32 bits per heavy atom. The molecule has 1 fully saturated rings. The third kappa shape index (κ3) is 4.36. The van der Waals surface area contributed by atoms with Gasteiger partial charge in [0.15, 0.2) is 5.69 Å². The van der Waals surface area contributed by atoms with E-state index in [1.54, 1.807) is 6.07 Å². The van der Waals surface area contributed by atoms with Crippen LogP contribution in [0.2, 0.25) is 0 Å². The molecule has 3 rings (SSSR count). The van der Waals surface area contributed by atoms with E-state index in [0.717, 1.165) is 25.1 Å². The maximum atomic E-state index is 13.6. The molecule has 1 aromatic carbocycles. The fourth-order valence-electron chi connectivity index (χ4n) is 2.62. The van der Waals surface area contributed by atoms with E-state index in [-0.39, 0.29) is 23.4 Å². The summed E-state index contributed by atoms with van der Waals surface area (Å²) in [6.07, 6.45) is 1.99. The Kier molecular flexibility index (Phi) is 5.33. The van der Waals surface area contributed by atoms with Crippen LogP contribution in [-0.4, -0.2) is 35.4 Å². The van der Waals surface area contributed by atoms with E-state index in [2.05, 4.69) is 15.5 Å². The molecule has 1 aliphatic rings. The first-order valence-corrected chi connectivity index (χ1v) is 8.43. The molecule has 134 valence electrons. The standard InChI is InChI=1S/C18H22FN3O3/c1-11(2)14-9-16(22-21-14)18(23)20-15-8-12(19)5-6-17(15)25-10-13-4-3-7-24-13/h5-6,8-9,11,13H,3-4,7,10H2,1-2H3,(H,20,23)(H,21,22)/t13-/m1/s1. The lowest BCUT2D eigenvalue weighted by atomic mass is 10.1. The average Bonchev–Trinajstić information content (AvgIpc) is 3.26. The molecule has 0 radical (unpaired) electrons.